The number of nitrogens with one attached hydrogen (secondary N) is 2. The second kappa shape index (κ2) is 4.91. The molecule has 2 N–H and O–H groups in total. The number of thiophene rings is 1. The van der Waals surface area contributed by atoms with E-state index >= 15 is 0 Å². The van der Waals surface area contributed by atoms with Crippen LogP contribution in [0.1, 0.15) is 55.8 Å². The van der Waals surface area contributed by atoms with Crippen LogP contribution in [0.2, 0.25) is 0 Å². The van der Waals surface area contributed by atoms with Gasteiger partial charge >= 0.3 is 0 Å². The predicted molar refractivity (Wildman–Crippen MR) is 80.8 cm³/mol. The summed E-state index contributed by atoms with van der Waals surface area (Å²) in [5.41, 5.74) is 1.18. The molecule has 0 atom stereocenters. The van der Waals surface area contributed by atoms with Crippen molar-refractivity contribution in [2.24, 2.45) is 0 Å². The molecule has 2 heterocycles. The maximum Gasteiger partial charge on any atom is 0.261 e. The monoisotopic (exact) mass is 280 g/mol. The number of carbonyl (C=O) groups is 1. The molecular formula is C15H24N2OS. The SMILES string of the molecule is Cc1ccsc1C(=O)NC1CC(C)(C)NC(C)(C)C1. The summed E-state index contributed by atoms with van der Waals surface area (Å²) >= 11 is 1.52. The van der Waals surface area contributed by atoms with Crippen LogP contribution < -0.4 is 10.6 Å². The molecule has 1 aromatic rings. The first-order valence-corrected chi connectivity index (χ1v) is 7.71. The lowest BCUT2D eigenvalue weighted by molar-refractivity contribution is 0.0876. The number of carbonyl (C=O) groups excluding carboxylic acids is 1. The quantitative estimate of drug-likeness (QED) is 0.874. The third-order valence-electron chi connectivity index (χ3n) is 3.59. The van der Waals surface area contributed by atoms with E-state index in [0.29, 0.717) is 0 Å². The first-order chi connectivity index (χ1) is 8.69. The highest BCUT2D eigenvalue weighted by molar-refractivity contribution is 7.12. The first kappa shape index (κ1) is 14.5. The molecular weight excluding hydrogens is 256 g/mol. The fourth-order valence-electron chi connectivity index (χ4n) is 3.28. The van der Waals surface area contributed by atoms with Gasteiger partial charge in [0.05, 0.1) is 4.88 Å². The third kappa shape index (κ3) is 3.57. The van der Waals surface area contributed by atoms with Gasteiger partial charge in [0.25, 0.3) is 5.91 Å². The Kier molecular flexibility index (Phi) is 3.76. The minimum Gasteiger partial charge on any atom is -0.348 e. The molecule has 0 saturated carbocycles. The molecule has 3 nitrogen and oxygen atoms in total. The zero-order valence-electron chi connectivity index (χ0n) is 12.5. The van der Waals surface area contributed by atoms with Gasteiger partial charge in [0.2, 0.25) is 0 Å². The molecule has 106 valence electrons. The number of piperidine rings is 1. The van der Waals surface area contributed by atoms with Gasteiger partial charge < -0.3 is 10.6 Å². The van der Waals surface area contributed by atoms with Crippen LogP contribution in [-0.2, 0) is 0 Å². The average molecular weight is 280 g/mol. The highest BCUT2D eigenvalue weighted by atomic mass is 32.1. The maximum absolute atomic E-state index is 12.3. The Morgan fingerprint density at radius 1 is 1.32 bits per heavy atom. The highest BCUT2D eigenvalue weighted by Crippen LogP contribution is 2.29. The van der Waals surface area contributed by atoms with Gasteiger partial charge in [-0.3, -0.25) is 4.79 Å². The zero-order chi connectivity index (χ0) is 14.3. The van der Waals surface area contributed by atoms with E-state index < -0.39 is 0 Å². The Balaban J connectivity index is 2.07. The third-order valence-corrected chi connectivity index (χ3v) is 4.61. The largest absolute Gasteiger partial charge is 0.348 e. The molecule has 0 radical (unpaired) electrons. The van der Waals surface area contributed by atoms with Gasteiger partial charge in [-0.25, -0.2) is 0 Å². The van der Waals surface area contributed by atoms with E-state index in [1.54, 1.807) is 0 Å². The number of hydrogen-bond donors (Lipinski definition) is 2. The second-order valence-corrected chi connectivity index (χ2v) is 7.82. The summed E-state index contributed by atoms with van der Waals surface area (Å²) in [7, 11) is 0. The topological polar surface area (TPSA) is 41.1 Å². The van der Waals surface area contributed by atoms with Crippen LogP contribution >= 0.6 is 11.3 Å². The van der Waals surface area contributed by atoms with Crippen molar-refractivity contribution in [2.45, 2.75) is 64.6 Å². The Bertz CT molecular complexity index is 460. The van der Waals surface area contributed by atoms with E-state index in [2.05, 4.69) is 38.3 Å². The summed E-state index contributed by atoms with van der Waals surface area (Å²) in [6.45, 7) is 10.8. The Hall–Kier alpha value is -0.870. The van der Waals surface area contributed by atoms with Gasteiger partial charge in [-0.05, 0) is 64.5 Å². The van der Waals surface area contributed by atoms with Crippen molar-refractivity contribution in [1.82, 2.24) is 10.6 Å². The summed E-state index contributed by atoms with van der Waals surface area (Å²) in [6.07, 6.45) is 1.93. The molecule has 0 spiro atoms. The normalized spacial score (nSPS) is 22.2. The van der Waals surface area contributed by atoms with E-state index in [1.807, 2.05) is 18.4 Å². The van der Waals surface area contributed by atoms with Crippen molar-refractivity contribution in [3.05, 3.63) is 21.9 Å². The van der Waals surface area contributed by atoms with Crippen molar-refractivity contribution in [3.8, 4) is 0 Å². The molecule has 1 aliphatic heterocycles. The lowest BCUT2D eigenvalue weighted by Crippen LogP contribution is -2.62. The lowest BCUT2D eigenvalue weighted by atomic mass is 9.79. The molecule has 0 bridgehead atoms. The molecule has 19 heavy (non-hydrogen) atoms. The van der Waals surface area contributed by atoms with Crippen LogP contribution in [0, 0.1) is 6.92 Å². The zero-order valence-corrected chi connectivity index (χ0v) is 13.3. The van der Waals surface area contributed by atoms with Gasteiger partial charge in [0, 0.05) is 17.1 Å². The standard InChI is InChI=1S/C15H24N2OS/c1-10-6-7-19-12(10)13(18)16-11-8-14(2,3)17-15(4,5)9-11/h6-7,11,17H,8-9H2,1-5H3,(H,16,18). The van der Waals surface area contributed by atoms with Crippen LogP contribution in [0.15, 0.2) is 11.4 Å². The number of rotatable bonds is 2. The fourth-order valence-corrected chi connectivity index (χ4v) is 4.11. The van der Waals surface area contributed by atoms with Crippen LogP contribution in [0.4, 0.5) is 0 Å². The molecule has 1 fully saturated rings. The van der Waals surface area contributed by atoms with Crippen molar-refractivity contribution >= 4 is 17.2 Å². The number of hydrogen-bond acceptors (Lipinski definition) is 3. The van der Waals surface area contributed by atoms with Gasteiger partial charge in [-0.1, -0.05) is 0 Å². The van der Waals surface area contributed by atoms with Crippen molar-refractivity contribution in [3.63, 3.8) is 0 Å². The minimum atomic E-state index is 0.0597. The van der Waals surface area contributed by atoms with Gasteiger partial charge in [0.15, 0.2) is 0 Å². The molecule has 4 heteroatoms. The summed E-state index contributed by atoms with van der Waals surface area (Å²) in [6, 6.07) is 2.23. The Labute approximate surface area is 119 Å². The molecule has 0 aromatic carbocycles. The van der Waals surface area contributed by atoms with Gasteiger partial charge in [0.1, 0.15) is 0 Å². The summed E-state index contributed by atoms with van der Waals surface area (Å²) < 4.78 is 0. The maximum atomic E-state index is 12.3. The van der Waals surface area contributed by atoms with E-state index in [4.69, 9.17) is 0 Å². The molecule has 1 saturated heterocycles. The van der Waals surface area contributed by atoms with Crippen LogP contribution in [0.3, 0.4) is 0 Å². The van der Waals surface area contributed by atoms with Crippen LogP contribution in [0.25, 0.3) is 0 Å². The van der Waals surface area contributed by atoms with Gasteiger partial charge in [-0.15, -0.1) is 11.3 Å². The van der Waals surface area contributed by atoms with Crippen molar-refractivity contribution in [2.75, 3.05) is 0 Å². The molecule has 1 aromatic heterocycles. The Morgan fingerprint density at radius 2 is 1.89 bits per heavy atom. The first-order valence-electron chi connectivity index (χ1n) is 6.83. The average Bonchev–Trinajstić information content (AvgIpc) is 2.58. The number of aryl methyl sites for hydroxylation is 1. The van der Waals surface area contributed by atoms with E-state index in [9.17, 15) is 4.79 Å². The summed E-state index contributed by atoms with van der Waals surface area (Å²) in [4.78, 5) is 13.1. The van der Waals surface area contributed by atoms with Gasteiger partial charge in [-0.2, -0.15) is 0 Å². The molecule has 0 aliphatic carbocycles. The van der Waals surface area contributed by atoms with Crippen molar-refractivity contribution in [1.29, 1.82) is 0 Å². The summed E-state index contributed by atoms with van der Waals surface area (Å²) in [5, 5.41) is 8.81. The van der Waals surface area contributed by atoms with Crippen LogP contribution in [0.5, 0.6) is 0 Å². The smallest absolute Gasteiger partial charge is 0.261 e. The molecule has 2 rings (SSSR count). The fraction of sp³-hybridized carbons (Fsp3) is 0.667. The Morgan fingerprint density at radius 3 is 2.37 bits per heavy atom. The van der Waals surface area contributed by atoms with Crippen molar-refractivity contribution < 1.29 is 4.79 Å². The second-order valence-electron chi connectivity index (χ2n) is 6.90. The summed E-state index contributed by atoms with van der Waals surface area (Å²) in [5.74, 6) is 0.0750. The highest BCUT2D eigenvalue weighted by Gasteiger charge is 2.38. The molecule has 0 unspecified atom stereocenters. The van der Waals surface area contributed by atoms with E-state index in [0.717, 1.165) is 23.3 Å². The van der Waals surface area contributed by atoms with Crippen LogP contribution in [-0.4, -0.2) is 23.0 Å². The van der Waals surface area contributed by atoms with E-state index in [-0.39, 0.29) is 23.0 Å². The van der Waals surface area contributed by atoms with E-state index in [1.165, 1.54) is 11.3 Å². The molecule has 1 aliphatic rings. The number of amides is 1. The lowest BCUT2D eigenvalue weighted by Gasteiger charge is -2.46. The predicted octanol–water partition coefficient (Wildman–Crippen LogP) is 3.10. The minimum absolute atomic E-state index is 0.0597. The molecule has 1 amide bonds.